The van der Waals surface area contributed by atoms with Gasteiger partial charge in [-0.2, -0.15) is 0 Å². The van der Waals surface area contributed by atoms with Crippen LogP contribution >= 0.6 is 0 Å². The molecule has 0 spiro atoms. The Bertz CT molecular complexity index is 549. The maximum atomic E-state index is 13.4. The third-order valence-electron chi connectivity index (χ3n) is 3.06. The highest BCUT2D eigenvalue weighted by Crippen LogP contribution is 2.14. The van der Waals surface area contributed by atoms with Gasteiger partial charge in [0, 0.05) is 6.42 Å². The maximum Gasteiger partial charge on any atom is 0.126 e. The first-order valence-corrected chi connectivity index (χ1v) is 6.22. The van der Waals surface area contributed by atoms with Crippen molar-refractivity contribution in [1.29, 1.82) is 0 Å². The van der Waals surface area contributed by atoms with Crippen molar-refractivity contribution >= 4 is 0 Å². The molecule has 1 nitrogen and oxygen atoms in total. The summed E-state index contributed by atoms with van der Waals surface area (Å²) in [6.07, 6.45) is -0.188. The molecule has 0 amide bonds. The highest BCUT2D eigenvalue weighted by Gasteiger charge is 2.11. The molecule has 3 heteroatoms. The molecule has 0 heterocycles. The SMILES string of the molecule is Cc1ccc(CC(O)Cc2cc(F)ccc2F)cc1. The molecular weight excluding hydrogens is 246 g/mol. The molecule has 0 aliphatic heterocycles. The van der Waals surface area contributed by atoms with Crippen molar-refractivity contribution in [3.05, 3.63) is 70.8 Å². The summed E-state index contributed by atoms with van der Waals surface area (Å²) in [5, 5.41) is 9.95. The summed E-state index contributed by atoms with van der Waals surface area (Å²) in [4.78, 5) is 0. The Morgan fingerprint density at radius 1 is 1.00 bits per heavy atom. The molecule has 2 rings (SSSR count). The van der Waals surface area contributed by atoms with Gasteiger partial charge in [-0.3, -0.25) is 0 Å². The molecule has 100 valence electrons. The molecule has 2 aromatic rings. The second-order valence-corrected chi connectivity index (χ2v) is 4.78. The van der Waals surface area contributed by atoms with E-state index in [9.17, 15) is 13.9 Å². The number of hydrogen-bond acceptors (Lipinski definition) is 1. The molecule has 0 saturated heterocycles. The van der Waals surface area contributed by atoms with Crippen LogP contribution in [0.4, 0.5) is 8.78 Å². The second-order valence-electron chi connectivity index (χ2n) is 4.78. The van der Waals surface area contributed by atoms with Crippen LogP contribution in [0.25, 0.3) is 0 Å². The quantitative estimate of drug-likeness (QED) is 0.895. The van der Waals surface area contributed by atoms with Crippen LogP contribution in [-0.4, -0.2) is 11.2 Å². The van der Waals surface area contributed by atoms with Gasteiger partial charge in [0.25, 0.3) is 0 Å². The summed E-state index contributed by atoms with van der Waals surface area (Å²) in [6.45, 7) is 1.99. The predicted octanol–water partition coefficient (Wildman–Crippen LogP) is 3.42. The third-order valence-corrected chi connectivity index (χ3v) is 3.06. The zero-order chi connectivity index (χ0) is 13.8. The summed E-state index contributed by atoms with van der Waals surface area (Å²) >= 11 is 0. The molecule has 0 saturated carbocycles. The minimum atomic E-state index is -0.723. The van der Waals surface area contributed by atoms with Gasteiger partial charge in [0.2, 0.25) is 0 Å². The van der Waals surface area contributed by atoms with Crippen LogP contribution < -0.4 is 0 Å². The van der Waals surface area contributed by atoms with Gasteiger partial charge in [0.1, 0.15) is 11.6 Å². The van der Waals surface area contributed by atoms with Crippen molar-refractivity contribution in [2.24, 2.45) is 0 Å². The van der Waals surface area contributed by atoms with E-state index in [1.165, 1.54) is 0 Å². The lowest BCUT2D eigenvalue weighted by atomic mass is 10.0. The second kappa shape index (κ2) is 5.93. The van der Waals surface area contributed by atoms with Crippen LogP contribution in [0.2, 0.25) is 0 Å². The molecule has 1 atom stereocenters. The van der Waals surface area contributed by atoms with Crippen LogP contribution in [0.5, 0.6) is 0 Å². The lowest BCUT2D eigenvalue weighted by Crippen LogP contribution is -2.15. The fraction of sp³-hybridized carbons (Fsp3) is 0.250. The van der Waals surface area contributed by atoms with Gasteiger partial charge >= 0.3 is 0 Å². The minimum absolute atomic E-state index is 0.109. The Morgan fingerprint density at radius 2 is 1.68 bits per heavy atom. The van der Waals surface area contributed by atoms with E-state index < -0.39 is 17.7 Å². The van der Waals surface area contributed by atoms with Gasteiger partial charge in [-0.05, 0) is 42.7 Å². The lowest BCUT2D eigenvalue weighted by molar-refractivity contribution is 0.174. The highest BCUT2D eigenvalue weighted by molar-refractivity contribution is 5.23. The first-order valence-electron chi connectivity index (χ1n) is 6.22. The average Bonchev–Trinajstić information content (AvgIpc) is 2.37. The molecule has 2 aromatic carbocycles. The monoisotopic (exact) mass is 262 g/mol. The van der Waals surface area contributed by atoms with E-state index in [1.807, 2.05) is 31.2 Å². The smallest absolute Gasteiger partial charge is 0.126 e. The van der Waals surface area contributed by atoms with E-state index in [0.29, 0.717) is 6.42 Å². The molecule has 0 aliphatic rings. The zero-order valence-electron chi connectivity index (χ0n) is 10.7. The normalized spacial score (nSPS) is 12.4. The molecule has 1 N–H and O–H groups in total. The standard InChI is InChI=1S/C16H16F2O/c1-11-2-4-12(5-3-11)8-15(19)10-13-9-14(17)6-7-16(13)18/h2-7,9,15,19H,8,10H2,1H3. The number of aliphatic hydroxyl groups excluding tert-OH is 1. The summed E-state index contributed by atoms with van der Waals surface area (Å²) < 4.78 is 26.5. The number of halogens is 2. The van der Waals surface area contributed by atoms with Gasteiger partial charge in [0.05, 0.1) is 6.10 Å². The highest BCUT2D eigenvalue weighted by atomic mass is 19.1. The molecule has 1 unspecified atom stereocenters. The first kappa shape index (κ1) is 13.7. The molecular formula is C16H16F2O. The van der Waals surface area contributed by atoms with Gasteiger partial charge < -0.3 is 5.11 Å². The molecule has 0 aliphatic carbocycles. The average molecular weight is 262 g/mol. The predicted molar refractivity (Wildman–Crippen MR) is 71.0 cm³/mol. The fourth-order valence-electron chi connectivity index (χ4n) is 2.02. The van der Waals surface area contributed by atoms with E-state index in [0.717, 1.165) is 29.3 Å². The Kier molecular flexibility index (Phi) is 4.27. The number of hydrogen-bond donors (Lipinski definition) is 1. The van der Waals surface area contributed by atoms with Crippen molar-refractivity contribution < 1.29 is 13.9 Å². The summed E-state index contributed by atoms with van der Waals surface area (Å²) in [6, 6.07) is 11.1. The number of rotatable bonds is 4. The Morgan fingerprint density at radius 3 is 2.37 bits per heavy atom. The summed E-state index contributed by atoms with van der Waals surface area (Å²) in [5.74, 6) is -0.969. The van der Waals surface area contributed by atoms with Crippen LogP contribution in [-0.2, 0) is 12.8 Å². The van der Waals surface area contributed by atoms with E-state index in [2.05, 4.69) is 0 Å². The van der Waals surface area contributed by atoms with Crippen molar-refractivity contribution in [3.63, 3.8) is 0 Å². The van der Waals surface area contributed by atoms with Crippen LogP contribution in [0.15, 0.2) is 42.5 Å². The largest absolute Gasteiger partial charge is 0.392 e. The number of aryl methyl sites for hydroxylation is 1. The van der Waals surface area contributed by atoms with Gasteiger partial charge in [-0.1, -0.05) is 29.8 Å². The van der Waals surface area contributed by atoms with Crippen molar-refractivity contribution in [2.75, 3.05) is 0 Å². The topological polar surface area (TPSA) is 20.2 Å². The number of aliphatic hydroxyl groups is 1. The Hall–Kier alpha value is -1.74. The fourth-order valence-corrected chi connectivity index (χ4v) is 2.02. The zero-order valence-corrected chi connectivity index (χ0v) is 10.7. The van der Waals surface area contributed by atoms with Crippen LogP contribution in [0, 0.1) is 18.6 Å². The van der Waals surface area contributed by atoms with E-state index >= 15 is 0 Å². The van der Waals surface area contributed by atoms with Gasteiger partial charge in [-0.15, -0.1) is 0 Å². The molecule has 0 fully saturated rings. The maximum absolute atomic E-state index is 13.4. The van der Waals surface area contributed by atoms with Crippen molar-refractivity contribution in [3.8, 4) is 0 Å². The van der Waals surface area contributed by atoms with E-state index in [1.54, 1.807) is 0 Å². The molecule has 19 heavy (non-hydrogen) atoms. The summed E-state index contributed by atoms with van der Waals surface area (Å²) in [7, 11) is 0. The molecule has 0 aromatic heterocycles. The lowest BCUT2D eigenvalue weighted by Gasteiger charge is -2.11. The van der Waals surface area contributed by atoms with Crippen molar-refractivity contribution in [1.82, 2.24) is 0 Å². The Balaban J connectivity index is 2.02. The van der Waals surface area contributed by atoms with Crippen LogP contribution in [0.1, 0.15) is 16.7 Å². The Labute approximate surface area is 111 Å². The van der Waals surface area contributed by atoms with Crippen LogP contribution in [0.3, 0.4) is 0 Å². The van der Waals surface area contributed by atoms with Crippen molar-refractivity contribution in [2.45, 2.75) is 25.9 Å². The van der Waals surface area contributed by atoms with Gasteiger partial charge in [-0.25, -0.2) is 8.78 Å². The first-order chi connectivity index (χ1) is 9.04. The number of benzene rings is 2. The minimum Gasteiger partial charge on any atom is -0.392 e. The molecule has 0 radical (unpaired) electrons. The summed E-state index contributed by atoms with van der Waals surface area (Å²) in [5.41, 5.74) is 2.34. The molecule has 0 bridgehead atoms. The van der Waals surface area contributed by atoms with E-state index in [-0.39, 0.29) is 12.0 Å². The van der Waals surface area contributed by atoms with Gasteiger partial charge in [0.15, 0.2) is 0 Å². The van der Waals surface area contributed by atoms with E-state index in [4.69, 9.17) is 0 Å². The third kappa shape index (κ3) is 3.86.